The predicted octanol–water partition coefficient (Wildman–Crippen LogP) is 1.77. The average Bonchev–Trinajstić information content (AvgIpc) is 2.44. The van der Waals surface area contributed by atoms with Gasteiger partial charge in [-0.3, -0.25) is 4.79 Å². The summed E-state index contributed by atoms with van der Waals surface area (Å²) < 4.78 is 5.63. The molecule has 4 N–H and O–H groups in total. The van der Waals surface area contributed by atoms with Gasteiger partial charge in [-0.15, -0.1) is 5.10 Å². The van der Waals surface area contributed by atoms with Crippen molar-refractivity contribution >= 4 is 29.1 Å². The molecule has 0 atom stereocenters. The van der Waals surface area contributed by atoms with E-state index in [1.54, 1.807) is 12.1 Å². The second-order valence-corrected chi connectivity index (χ2v) is 6.01. The summed E-state index contributed by atoms with van der Waals surface area (Å²) >= 11 is 4.70. The molecule has 1 aromatic carbocycles. The minimum atomic E-state index is -0.437. The van der Waals surface area contributed by atoms with Crippen molar-refractivity contribution in [2.45, 2.75) is 32.8 Å². The smallest absolute Gasteiger partial charge is 0.307 e. The van der Waals surface area contributed by atoms with Gasteiger partial charge in [-0.05, 0) is 33.0 Å². The van der Waals surface area contributed by atoms with E-state index in [1.807, 2.05) is 39.0 Å². The van der Waals surface area contributed by atoms with Crippen LogP contribution in [0, 0.1) is 0 Å². The Labute approximate surface area is 136 Å². The number of nitrogens with zero attached hydrogens (tertiary/aromatic N) is 1. The first-order chi connectivity index (χ1) is 10.3. The van der Waals surface area contributed by atoms with E-state index < -0.39 is 5.60 Å². The lowest BCUT2D eigenvalue weighted by atomic mass is 10.1. The number of nitrogens with two attached hydrogens (primary N) is 1. The number of rotatable bonds is 5. The van der Waals surface area contributed by atoms with E-state index in [9.17, 15) is 4.79 Å². The highest BCUT2D eigenvalue weighted by molar-refractivity contribution is 7.80. The number of hydrogen-bond acceptors (Lipinski definition) is 4. The molecule has 0 saturated carbocycles. The highest BCUT2D eigenvalue weighted by Gasteiger charge is 2.15. The molecule has 0 aliphatic rings. The van der Waals surface area contributed by atoms with Gasteiger partial charge in [0.15, 0.2) is 10.9 Å². The molecular weight excluding hydrogens is 300 g/mol. The summed E-state index contributed by atoms with van der Waals surface area (Å²) in [6.45, 7) is 6.06. The number of thiocarbonyl (C=S) groups is 1. The third kappa shape index (κ3) is 7.58. The molecule has 7 heteroatoms. The lowest BCUT2D eigenvalue weighted by molar-refractivity contribution is 0.0976. The van der Waals surface area contributed by atoms with Crippen molar-refractivity contribution in [1.29, 1.82) is 0 Å². The van der Waals surface area contributed by atoms with E-state index in [0.717, 1.165) is 0 Å². The van der Waals surface area contributed by atoms with Gasteiger partial charge >= 0.3 is 6.02 Å². The molecule has 0 heterocycles. The summed E-state index contributed by atoms with van der Waals surface area (Å²) in [7, 11) is 0. The number of carbonyl (C=O) groups excluding carboxylic acids is 1. The maximum Gasteiger partial charge on any atom is 0.307 e. The van der Waals surface area contributed by atoms with E-state index >= 15 is 0 Å². The molecule has 1 aromatic rings. The van der Waals surface area contributed by atoms with Gasteiger partial charge in [0.1, 0.15) is 5.60 Å². The number of ether oxygens (including phenoxy) is 1. The predicted molar refractivity (Wildman–Crippen MR) is 91.6 cm³/mol. The maximum absolute atomic E-state index is 12.0. The fourth-order valence-electron chi connectivity index (χ4n) is 1.55. The largest absolute Gasteiger partial charge is 0.458 e. The third-order valence-electron chi connectivity index (χ3n) is 2.39. The van der Waals surface area contributed by atoms with Crippen molar-refractivity contribution in [2.24, 2.45) is 10.8 Å². The molecule has 0 aliphatic heterocycles. The van der Waals surface area contributed by atoms with Gasteiger partial charge in [0.05, 0.1) is 0 Å². The summed E-state index contributed by atoms with van der Waals surface area (Å²) in [5.74, 6) is 0.0468. The Bertz CT molecular complexity index is 538. The Balaban J connectivity index is 2.54. The van der Waals surface area contributed by atoms with Crippen LogP contribution >= 0.6 is 12.2 Å². The Kier molecular flexibility index (Phi) is 6.78. The Morgan fingerprint density at radius 2 is 1.95 bits per heavy atom. The number of hydrogen-bond donors (Lipinski definition) is 3. The number of ketones is 1. The monoisotopic (exact) mass is 322 g/mol. The third-order valence-corrected chi connectivity index (χ3v) is 2.49. The zero-order chi connectivity index (χ0) is 16.6. The zero-order valence-electron chi connectivity index (χ0n) is 13.1. The number of carbonyl (C=O) groups is 1. The van der Waals surface area contributed by atoms with E-state index in [2.05, 4.69) is 15.8 Å². The molecule has 0 unspecified atom stereocenters. The summed E-state index contributed by atoms with van der Waals surface area (Å²) in [4.78, 5) is 12.0. The Hall–Kier alpha value is -2.15. The van der Waals surface area contributed by atoms with Crippen LogP contribution < -0.4 is 16.5 Å². The molecule has 120 valence electrons. The lowest BCUT2D eigenvalue weighted by Gasteiger charge is -2.22. The molecule has 0 fully saturated rings. The van der Waals surface area contributed by atoms with Crippen molar-refractivity contribution in [3.05, 3.63) is 35.9 Å². The number of hydrazone groups is 1. The lowest BCUT2D eigenvalue weighted by Crippen LogP contribution is -2.38. The fraction of sp³-hybridized carbons (Fsp3) is 0.400. The van der Waals surface area contributed by atoms with Crippen molar-refractivity contribution in [2.75, 3.05) is 6.54 Å². The minimum absolute atomic E-state index is 0.0390. The molecule has 22 heavy (non-hydrogen) atoms. The zero-order valence-corrected chi connectivity index (χ0v) is 13.9. The van der Waals surface area contributed by atoms with Crippen LogP contribution in [-0.2, 0) is 4.74 Å². The highest BCUT2D eigenvalue weighted by atomic mass is 32.1. The molecule has 1 rings (SSSR count). The summed E-state index contributed by atoms with van der Waals surface area (Å²) in [5, 5.41) is 6.93. The SMILES string of the molecule is CC(C)(C)OC(=NNC(N)=S)NCCC(=O)c1ccccc1. The van der Waals surface area contributed by atoms with Crippen LogP contribution in [0.3, 0.4) is 0 Å². The first kappa shape index (κ1) is 17.9. The van der Waals surface area contributed by atoms with Crippen LogP contribution in [0.15, 0.2) is 35.4 Å². The van der Waals surface area contributed by atoms with Crippen LogP contribution in [0.25, 0.3) is 0 Å². The van der Waals surface area contributed by atoms with Gasteiger partial charge in [0, 0.05) is 18.5 Å². The average molecular weight is 322 g/mol. The van der Waals surface area contributed by atoms with Crippen molar-refractivity contribution in [1.82, 2.24) is 10.7 Å². The van der Waals surface area contributed by atoms with Gasteiger partial charge in [-0.2, -0.15) is 0 Å². The summed E-state index contributed by atoms with van der Waals surface area (Å²) in [5.41, 5.74) is 8.04. The van der Waals surface area contributed by atoms with Gasteiger partial charge in [-0.25, -0.2) is 5.43 Å². The van der Waals surface area contributed by atoms with Crippen LogP contribution in [-0.4, -0.2) is 29.1 Å². The van der Waals surface area contributed by atoms with Crippen molar-refractivity contribution < 1.29 is 9.53 Å². The maximum atomic E-state index is 12.0. The molecule has 0 aliphatic carbocycles. The molecule has 0 spiro atoms. The second-order valence-electron chi connectivity index (χ2n) is 5.57. The molecule has 6 nitrogen and oxygen atoms in total. The quantitative estimate of drug-likeness (QED) is 0.252. The van der Waals surface area contributed by atoms with Crippen LogP contribution in [0.4, 0.5) is 0 Å². The van der Waals surface area contributed by atoms with E-state index in [1.165, 1.54) is 0 Å². The molecule has 0 radical (unpaired) electrons. The van der Waals surface area contributed by atoms with Gasteiger partial charge in [0.25, 0.3) is 0 Å². The highest BCUT2D eigenvalue weighted by Crippen LogP contribution is 2.07. The number of nitrogens with one attached hydrogen (secondary N) is 2. The van der Waals surface area contributed by atoms with Gasteiger partial charge in [-0.1, -0.05) is 30.3 Å². The van der Waals surface area contributed by atoms with Gasteiger partial charge < -0.3 is 15.8 Å². The molecule has 0 bridgehead atoms. The number of Topliss-reactive ketones (excluding diaryl/α,β-unsaturated/α-hetero) is 1. The summed E-state index contributed by atoms with van der Waals surface area (Å²) in [6.07, 6.45) is 0.323. The first-order valence-corrected chi connectivity index (χ1v) is 7.33. The van der Waals surface area contributed by atoms with Crippen molar-refractivity contribution in [3.8, 4) is 0 Å². The van der Waals surface area contributed by atoms with E-state index in [4.69, 9.17) is 22.7 Å². The molecular formula is C15H22N4O2S. The second kappa shape index (κ2) is 8.33. The summed E-state index contributed by atoms with van der Waals surface area (Å²) in [6, 6.07) is 9.36. The van der Waals surface area contributed by atoms with Crippen LogP contribution in [0.2, 0.25) is 0 Å². The topological polar surface area (TPSA) is 88.7 Å². The van der Waals surface area contributed by atoms with Crippen LogP contribution in [0.5, 0.6) is 0 Å². The Morgan fingerprint density at radius 3 is 2.50 bits per heavy atom. The Morgan fingerprint density at radius 1 is 1.32 bits per heavy atom. The molecule has 0 saturated heterocycles. The molecule has 0 aromatic heterocycles. The van der Waals surface area contributed by atoms with Gasteiger partial charge in [0.2, 0.25) is 0 Å². The minimum Gasteiger partial charge on any atom is -0.458 e. The number of benzene rings is 1. The van der Waals surface area contributed by atoms with Crippen molar-refractivity contribution in [3.63, 3.8) is 0 Å². The van der Waals surface area contributed by atoms with Crippen LogP contribution in [0.1, 0.15) is 37.6 Å². The standard InChI is InChI=1S/C15H22N4O2S/c1-15(2,3)21-14(19-18-13(16)22)17-10-9-12(20)11-7-5-4-6-8-11/h4-8H,9-10H2,1-3H3,(H,17,19)(H3,16,18,22). The number of amidine groups is 1. The van der Waals surface area contributed by atoms with E-state index in [0.29, 0.717) is 18.5 Å². The molecule has 0 amide bonds. The first-order valence-electron chi connectivity index (χ1n) is 6.92. The normalized spacial score (nSPS) is 11.7. The fourth-order valence-corrected chi connectivity index (χ4v) is 1.59. The van der Waals surface area contributed by atoms with E-state index in [-0.39, 0.29) is 16.9 Å².